The Morgan fingerprint density at radius 3 is 3.00 bits per heavy atom. The van der Waals surface area contributed by atoms with Gasteiger partial charge in [-0.3, -0.25) is 0 Å². The van der Waals surface area contributed by atoms with E-state index >= 15 is 0 Å². The minimum atomic E-state index is -0.0449. The summed E-state index contributed by atoms with van der Waals surface area (Å²) in [5, 5.41) is 15.0. The minimum absolute atomic E-state index is 0.0449. The number of nitrogens with zero attached hydrogens (tertiary/aromatic N) is 3. The van der Waals surface area contributed by atoms with Crippen LogP contribution in [0.2, 0.25) is 0 Å². The number of aryl methyl sites for hydroxylation is 3. The molecule has 1 aromatic carbocycles. The summed E-state index contributed by atoms with van der Waals surface area (Å²) in [6, 6.07) is 6.54. The second-order valence-electron chi connectivity index (χ2n) is 5.22. The third-order valence-electron chi connectivity index (χ3n) is 3.92. The Bertz CT molecular complexity index is 803. The molecule has 0 fully saturated rings. The molecule has 5 heteroatoms. The largest absolute Gasteiger partial charge is 0.390 e. The summed E-state index contributed by atoms with van der Waals surface area (Å²) in [5.74, 6) is 0. The predicted molar refractivity (Wildman–Crippen MR) is 79.0 cm³/mol. The van der Waals surface area contributed by atoms with Crippen molar-refractivity contribution < 1.29 is 5.11 Å². The third kappa shape index (κ3) is 1.70. The zero-order chi connectivity index (χ0) is 13.7. The molecule has 2 aromatic heterocycles. The van der Waals surface area contributed by atoms with Crippen LogP contribution in [0.4, 0.5) is 0 Å². The van der Waals surface area contributed by atoms with Gasteiger partial charge in [0, 0.05) is 5.56 Å². The molecule has 102 valence electrons. The molecule has 20 heavy (non-hydrogen) atoms. The van der Waals surface area contributed by atoms with E-state index in [4.69, 9.17) is 0 Å². The summed E-state index contributed by atoms with van der Waals surface area (Å²) >= 11 is 1.55. The Balaban J connectivity index is 1.91. The molecule has 1 N–H and O–H groups in total. The van der Waals surface area contributed by atoms with Gasteiger partial charge in [0.2, 0.25) is 4.96 Å². The average Bonchev–Trinajstić information content (AvgIpc) is 3.10. The first-order chi connectivity index (χ1) is 9.76. The number of imidazole rings is 1. The van der Waals surface area contributed by atoms with E-state index in [1.807, 2.05) is 6.92 Å². The number of aliphatic hydroxyl groups excluding tert-OH is 1. The lowest BCUT2D eigenvalue weighted by Crippen LogP contribution is -1.96. The van der Waals surface area contributed by atoms with Gasteiger partial charge in [-0.1, -0.05) is 23.5 Å². The van der Waals surface area contributed by atoms with Crippen LogP contribution in [-0.4, -0.2) is 19.7 Å². The van der Waals surface area contributed by atoms with Gasteiger partial charge in [0.1, 0.15) is 5.01 Å². The summed E-state index contributed by atoms with van der Waals surface area (Å²) in [6.07, 6.45) is 3.57. The maximum absolute atomic E-state index is 9.67. The van der Waals surface area contributed by atoms with Gasteiger partial charge in [-0.15, -0.1) is 0 Å². The number of aromatic nitrogens is 3. The molecule has 0 spiro atoms. The molecule has 0 unspecified atom stereocenters. The van der Waals surface area contributed by atoms with Gasteiger partial charge in [-0.2, -0.15) is 5.10 Å². The Morgan fingerprint density at radius 2 is 2.15 bits per heavy atom. The predicted octanol–water partition coefficient (Wildman–Crippen LogP) is 2.75. The van der Waals surface area contributed by atoms with Gasteiger partial charge < -0.3 is 5.11 Å². The highest BCUT2D eigenvalue weighted by Crippen LogP contribution is 2.31. The first-order valence-corrected chi connectivity index (χ1v) is 7.66. The first kappa shape index (κ1) is 12.1. The smallest absolute Gasteiger partial charge is 0.213 e. The number of rotatable bonds is 2. The van der Waals surface area contributed by atoms with Crippen molar-refractivity contribution in [1.29, 1.82) is 0 Å². The molecule has 0 amide bonds. The lowest BCUT2D eigenvalue weighted by Gasteiger charge is -2.04. The SMILES string of the molecule is Cc1nn2c(CO)c(-c3ccc4c(c3)CCC4)nc2s1. The maximum Gasteiger partial charge on any atom is 0.213 e. The Morgan fingerprint density at radius 1 is 1.30 bits per heavy atom. The van der Waals surface area contributed by atoms with Crippen LogP contribution in [0.5, 0.6) is 0 Å². The lowest BCUT2D eigenvalue weighted by molar-refractivity contribution is 0.275. The lowest BCUT2D eigenvalue weighted by atomic mass is 10.0. The van der Waals surface area contributed by atoms with Crippen molar-refractivity contribution in [2.24, 2.45) is 0 Å². The monoisotopic (exact) mass is 285 g/mol. The molecule has 2 heterocycles. The van der Waals surface area contributed by atoms with E-state index in [1.54, 1.807) is 15.9 Å². The second-order valence-corrected chi connectivity index (χ2v) is 6.38. The molecule has 0 atom stereocenters. The third-order valence-corrected chi connectivity index (χ3v) is 4.74. The normalized spacial score (nSPS) is 14.1. The van der Waals surface area contributed by atoms with Gasteiger partial charge >= 0.3 is 0 Å². The summed E-state index contributed by atoms with van der Waals surface area (Å²) < 4.78 is 1.77. The Hall–Kier alpha value is -1.72. The first-order valence-electron chi connectivity index (χ1n) is 6.84. The van der Waals surface area contributed by atoms with E-state index in [0.29, 0.717) is 0 Å². The van der Waals surface area contributed by atoms with Crippen LogP contribution in [0.15, 0.2) is 18.2 Å². The van der Waals surface area contributed by atoms with Gasteiger partial charge in [-0.25, -0.2) is 9.50 Å². The van der Waals surface area contributed by atoms with Crippen molar-refractivity contribution in [3.05, 3.63) is 40.0 Å². The minimum Gasteiger partial charge on any atom is -0.390 e. The van der Waals surface area contributed by atoms with E-state index in [0.717, 1.165) is 33.3 Å². The molecule has 3 aromatic rings. The van der Waals surface area contributed by atoms with Gasteiger partial charge in [-0.05, 0) is 43.4 Å². The van der Waals surface area contributed by atoms with E-state index in [2.05, 4.69) is 28.3 Å². The second kappa shape index (κ2) is 4.40. The van der Waals surface area contributed by atoms with Crippen molar-refractivity contribution in [1.82, 2.24) is 14.6 Å². The molecule has 0 saturated heterocycles. The Kier molecular flexibility index (Phi) is 2.65. The number of aliphatic hydroxyl groups is 1. The van der Waals surface area contributed by atoms with Crippen LogP contribution in [0, 0.1) is 6.92 Å². The molecule has 0 bridgehead atoms. The standard InChI is InChI=1S/C15H15N3OS/c1-9-17-18-13(8-19)14(16-15(18)20-9)12-6-5-10-3-2-4-11(10)7-12/h5-7,19H,2-4,8H2,1H3. The summed E-state index contributed by atoms with van der Waals surface area (Å²) in [5.41, 5.74) is 5.61. The topological polar surface area (TPSA) is 50.4 Å². The molecule has 0 radical (unpaired) electrons. The molecular formula is C15H15N3OS. The fraction of sp³-hybridized carbons (Fsp3) is 0.333. The number of fused-ring (bicyclic) bond motifs is 2. The van der Waals surface area contributed by atoms with Crippen molar-refractivity contribution in [2.75, 3.05) is 0 Å². The molecular weight excluding hydrogens is 270 g/mol. The van der Waals surface area contributed by atoms with Gasteiger partial charge in [0.25, 0.3) is 0 Å². The van der Waals surface area contributed by atoms with Crippen molar-refractivity contribution in [3.8, 4) is 11.3 Å². The molecule has 4 rings (SSSR count). The highest BCUT2D eigenvalue weighted by Gasteiger charge is 2.18. The zero-order valence-electron chi connectivity index (χ0n) is 11.3. The van der Waals surface area contributed by atoms with Crippen LogP contribution in [0.3, 0.4) is 0 Å². The summed E-state index contributed by atoms with van der Waals surface area (Å²) in [4.78, 5) is 5.51. The Labute approximate surface area is 120 Å². The van der Waals surface area contributed by atoms with Gasteiger partial charge in [0.15, 0.2) is 0 Å². The van der Waals surface area contributed by atoms with Crippen LogP contribution in [0.1, 0.15) is 28.2 Å². The molecule has 0 aliphatic heterocycles. The van der Waals surface area contributed by atoms with Crippen LogP contribution in [0.25, 0.3) is 16.2 Å². The maximum atomic E-state index is 9.67. The van der Waals surface area contributed by atoms with Gasteiger partial charge in [0.05, 0.1) is 18.0 Å². The van der Waals surface area contributed by atoms with Crippen molar-refractivity contribution in [3.63, 3.8) is 0 Å². The average molecular weight is 285 g/mol. The molecule has 1 aliphatic rings. The highest BCUT2D eigenvalue weighted by molar-refractivity contribution is 7.16. The van der Waals surface area contributed by atoms with Crippen molar-refractivity contribution >= 4 is 16.3 Å². The van der Waals surface area contributed by atoms with Crippen LogP contribution >= 0.6 is 11.3 Å². The summed E-state index contributed by atoms with van der Waals surface area (Å²) in [6.45, 7) is 1.91. The van der Waals surface area contributed by atoms with E-state index in [1.165, 1.54) is 24.0 Å². The fourth-order valence-corrected chi connectivity index (χ4v) is 3.74. The molecule has 1 aliphatic carbocycles. The fourth-order valence-electron chi connectivity index (χ4n) is 2.98. The van der Waals surface area contributed by atoms with E-state index < -0.39 is 0 Å². The molecule has 4 nitrogen and oxygen atoms in total. The quantitative estimate of drug-likeness (QED) is 0.787. The summed E-state index contributed by atoms with van der Waals surface area (Å²) in [7, 11) is 0. The van der Waals surface area contributed by atoms with Crippen molar-refractivity contribution in [2.45, 2.75) is 32.8 Å². The number of hydrogen-bond donors (Lipinski definition) is 1. The van der Waals surface area contributed by atoms with E-state index in [9.17, 15) is 5.11 Å². The highest BCUT2D eigenvalue weighted by atomic mass is 32.1. The number of hydrogen-bond acceptors (Lipinski definition) is 4. The van der Waals surface area contributed by atoms with Crippen LogP contribution in [-0.2, 0) is 19.4 Å². The molecule has 0 saturated carbocycles. The zero-order valence-corrected chi connectivity index (χ0v) is 12.1. The number of benzene rings is 1. The van der Waals surface area contributed by atoms with Crippen LogP contribution < -0.4 is 0 Å². The van der Waals surface area contributed by atoms with E-state index in [-0.39, 0.29) is 6.61 Å².